The number of halogens is 3. The minimum absolute atomic E-state index is 0.128. The highest BCUT2D eigenvalue weighted by molar-refractivity contribution is 8.00. The molecule has 90 valence electrons. The van der Waals surface area contributed by atoms with E-state index in [1.54, 1.807) is 18.2 Å². The number of anilines is 1. The number of benzene rings is 1. The molecule has 0 spiro atoms. The third-order valence-corrected chi connectivity index (χ3v) is 2.70. The first kappa shape index (κ1) is 11.8. The molecule has 0 aliphatic carbocycles. The Kier molecular flexibility index (Phi) is 3.01. The third kappa shape index (κ3) is 3.16. The molecule has 7 heteroatoms. The largest absolute Gasteiger partial charge is 0.446 e. The molecule has 0 fully saturated rings. The molecule has 17 heavy (non-hydrogen) atoms. The Hall–Kier alpha value is -1.63. The van der Waals surface area contributed by atoms with Gasteiger partial charge < -0.3 is 5.73 Å². The van der Waals surface area contributed by atoms with E-state index < -0.39 is 5.51 Å². The zero-order valence-electron chi connectivity index (χ0n) is 8.45. The van der Waals surface area contributed by atoms with Crippen molar-refractivity contribution >= 4 is 17.6 Å². The number of rotatable bonds is 2. The Bertz CT molecular complexity index is 522. The predicted molar refractivity (Wildman–Crippen MR) is 60.3 cm³/mol. The summed E-state index contributed by atoms with van der Waals surface area (Å²) in [6.07, 6.45) is 0. The van der Waals surface area contributed by atoms with Gasteiger partial charge in [0.25, 0.3) is 0 Å². The summed E-state index contributed by atoms with van der Waals surface area (Å²) in [5, 5.41) is 6.37. The molecule has 0 unspecified atom stereocenters. The molecule has 0 atom stereocenters. The molecule has 0 aliphatic heterocycles. The summed E-state index contributed by atoms with van der Waals surface area (Å²) < 4.78 is 36.6. The summed E-state index contributed by atoms with van der Waals surface area (Å²) in [4.78, 5) is 0.128. The average molecular weight is 259 g/mol. The van der Waals surface area contributed by atoms with E-state index in [0.717, 1.165) is 0 Å². The highest BCUT2D eigenvalue weighted by atomic mass is 32.2. The Morgan fingerprint density at radius 1 is 1.24 bits per heavy atom. The third-order valence-electron chi connectivity index (χ3n) is 1.98. The molecule has 0 amide bonds. The second kappa shape index (κ2) is 4.33. The van der Waals surface area contributed by atoms with Crippen molar-refractivity contribution in [1.29, 1.82) is 0 Å². The minimum atomic E-state index is -4.29. The SMILES string of the molecule is Nc1cc(-c2cccc(SC(F)(F)F)c2)[nH]n1. The Balaban J connectivity index is 2.29. The quantitative estimate of drug-likeness (QED) is 0.814. The van der Waals surface area contributed by atoms with E-state index >= 15 is 0 Å². The molecule has 0 saturated heterocycles. The molecule has 2 aromatic rings. The molecule has 0 radical (unpaired) electrons. The fraction of sp³-hybridized carbons (Fsp3) is 0.100. The first-order valence-corrected chi connectivity index (χ1v) is 5.43. The lowest BCUT2D eigenvalue weighted by Gasteiger charge is -2.06. The van der Waals surface area contributed by atoms with Crippen LogP contribution in [0.25, 0.3) is 11.3 Å². The number of nitrogens with two attached hydrogens (primary N) is 1. The average Bonchev–Trinajstić information content (AvgIpc) is 2.63. The van der Waals surface area contributed by atoms with Gasteiger partial charge in [0.05, 0.1) is 5.69 Å². The van der Waals surface area contributed by atoms with E-state index in [-0.39, 0.29) is 16.7 Å². The highest BCUT2D eigenvalue weighted by Gasteiger charge is 2.29. The summed E-state index contributed by atoms with van der Waals surface area (Å²) in [7, 11) is 0. The van der Waals surface area contributed by atoms with Crippen LogP contribution in [0, 0.1) is 0 Å². The molecule has 1 aromatic carbocycles. The van der Waals surface area contributed by atoms with Gasteiger partial charge in [-0.15, -0.1) is 0 Å². The molecule has 2 rings (SSSR count). The zero-order chi connectivity index (χ0) is 12.5. The Labute approximate surface area is 99.2 Å². The van der Waals surface area contributed by atoms with Gasteiger partial charge in [-0.1, -0.05) is 12.1 Å². The summed E-state index contributed by atoms with van der Waals surface area (Å²) in [6, 6.07) is 7.65. The fourth-order valence-electron chi connectivity index (χ4n) is 1.35. The lowest BCUT2D eigenvalue weighted by atomic mass is 10.1. The van der Waals surface area contributed by atoms with Crippen LogP contribution in [-0.2, 0) is 0 Å². The molecule has 1 aromatic heterocycles. The first-order chi connectivity index (χ1) is 7.94. The first-order valence-electron chi connectivity index (χ1n) is 4.61. The van der Waals surface area contributed by atoms with Crippen LogP contribution in [0.2, 0.25) is 0 Å². The van der Waals surface area contributed by atoms with E-state index in [1.165, 1.54) is 12.1 Å². The summed E-state index contributed by atoms with van der Waals surface area (Å²) in [5.74, 6) is 0.300. The van der Waals surface area contributed by atoms with E-state index in [2.05, 4.69) is 10.2 Å². The van der Waals surface area contributed by atoms with Gasteiger partial charge >= 0.3 is 5.51 Å². The lowest BCUT2D eigenvalue weighted by molar-refractivity contribution is -0.0328. The maximum absolute atomic E-state index is 12.2. The van der Waals surface area contributed by atoms with Crippen LogP contribution in [0.3, 0.4) is 0 Å². The topological polar surface area (TPSA) is 54.7 Å². The molecule has 1 heterocycles. The number of nitrogens with one attached hydrogen (secondary N) is 1. The lowest BCUT2D eigenvalue weighted by Crippen LogP contribution is -1.98. The number of aromatic amines is 1. The number of nitrogens with zero attached hydrogens (tertiary/aromatic N) is 1. The van der Waals surface area contributed by atoms with Crippen LogP contribution < -0.4 is 5.73 Å². The minimum Gasteiger partial charge on any atom is -0.382 e. The molecule has 0 aliphatic rings. The van der Waals surface area contributed by atoms with Crippen molar-refractivity contribution in [3.8, 4) is 11.3 Å². The van der Waals surface area contributed by atoms with Gasteiger partial charge in [0.15, 0.2) is 0 Å². The van der Waals surface area contributed by atoms with Crippen LogP contribution in [0.15, 0.2) is 35.2 Å². The Morgan fingerprint density at radius 3 is 2.59 bits per heavy atom. The van der Waals surface area contributed by atoms with Gasteiger partial charge in [0.1, 0.15) is 5.82 Å². The number of thioether (sulfide) groups is 1. The fourth-order valence-corrected chi connectivity index (χ4v) is 1.95. The molecule has 0 bridgehead atoms. The Morgan fingerprint density at radius 2 is 2.00 bits per heavy atom. The highest BCUT2D eigenvalue weighted by Crippen LogP contribution is 2.37. The van der Waals surface area contributed by atoms with Crippen molar-refractivity contribution in [2.45, 2.75) is 10.4 Å². The monoisotopic (exact) mass is 259 g/mol. The zero-order valence-corrected chi connectivity index (χ0v) is 9.27. The number of hydrogen-bond acceptors (Lipinski definition) is 3. The number of alkyl halides is 3. The number of aromatic nitrogens is 2. The van der Waals surface area contributed by atoms with Gasteiger partial charge in [-0.3, -0.25) is 5.10 Å². The second-order valence-corrected chi connectivity index (χ2v) is 4.42. The molecular weight excluding hydrogens is 251 g/mol. The summed E-state index contributed by atoms with van der Waals surface area (Å²) in [6.45, 7) is 0. The van der Waals surface area contributed by atoms with E-state index in [9.17, 15) is 13.2 Å². The smallest absolute Gasteiger partial charge is 0.382 e. The molecule has 0 saturated carbocycles. The van der Waals surface area contributed by atoms with Gasteiger partial charge in [0, 0.05) is 16.5 Å². The number of H-pyrrole nitrogens is 1. The second-order valence-electron chi connectivity index (χ2n) is 3.28. The normalized spacial score (nSPS) is 11.7. The van der Waals surface area contributed by atoms with Gasteiger partial charge in [0.2, 0.25) is 0 Å². The van der Waals surface area contributed by atoms with Gasteiger partial charge in [-0.2, -0.15) is 18.3 Å². The van der Waals surface area contributed by atoms with Crippen LogP contribution in [0.1, 0.15) is 0 Å². The standard InChI is InChI=1S/C10H8F3N3S/c11-10(12,13)17-7-3-1-2-6(4-7)8-5-9(14)16-15-8/h1-5H,(H3,14,15,16). The van der Waals surface area contributed by atoms with Crippen molar-refractivity contribution in [3.63, 3.8) is 0 Å². The van der Waals surface area contributed by atoms with Gasteiger partial charge in [-0.05, 0) is 23.9 Å². The summed E-state index contributed by atoms with van der Waals surface area (Å²) >= 11 is -0.149. The van der Waals surface area contributed by atoms with E-state index in [4.69, 9.17) is 5.73 Å². The van der Waals surface area contributed by atoms with Crippen molar-refractivity contribution in [3.05, 3.63) is 30.3 Å². The van der Waals surface area contributed by atoms with Crippen molar-refractivity contribution in [1.82, 2.24) is 10.2 Å². The number of hydrogen-bond donors (Lipinski definition) is 2. The number of nitrogen functional groups attached to an aromatic ring is 1. The van der Waals surface area contributed by atoms with Crippen LogP contribution in [0.5, 0.6) is 0 Å². The maximum atomic E-state index is 12.2. The predicted octanol–water partition coefficient (Wildman–Crippen LogP) is 3.27. The molecule has 3 N–H and O–H groups in total. The van der Waals surface area contributed by atoms with Crippen molar-refractivity contribution in [2.24, 2.45) is 0 Å². The van der Waals surface area contributed by atoms with Crippen molar-refractivity contribution < 1.29 is 13.2 Å². The molecule has 3 nitrogen and oxygen atoms in total. The summed E-state index contributed by atoms with van der Waals surface area (Å²) in [5.41, 5.74) is 2.35. The van der Waals surface area contributed by atoms with E-state index in [1.807, 2.05) is 0 Å². The van der Waals surface area contributed by atoms with Crippen LogP contribution >= 0.6 is 11.8 Å². The van der Waals surface area contributed by atoms with Crippen molar-refractivity contribution in [2.75, 3.05) is 5.73 Å². The van der Waals surface area contributed by atoms with Crippen LogP contribution in [-0.4, -0.2) is 15.7 Å². The van der Waals surface area contributed by atoms with Gasteiger partial charge in [-0.25, -0.2) is 0 Å². The van der Waals surface area contributed by atoms with E-state index in [0.29, 0.717) is 17.1 Å². The van der Waals surface area contributed by atoms with Crippen LogP contribution in [0.4, 0.5) is 19.0 Å². The molecular formula is C10H8F3N3S. The maximum Gasteiger partial charge on any atom is 0.446 e.